The van der Waals surface area contributed by atoms with Crippen molar-refractivity contribution in [3.63, 3.8) is 0 Å². The first kappa shape index (κ1) is 22.4. The van der Waals surface area contributed by atoms with Crippen LogP contribution >= 0.6 is 23.6 Å². The van der Waals surface area contributed by atoms with Crippen molar-refractivity contribution in [2.24, 2.45) is 7.05 Å². The van der Waals surface area contributed by atoms with Gasteiger partial charge in [-0.15, -0.1) is 11.3 Å². The number of hydrogen-bond acceptors (Lipinski definition) is 6. The van der Waals surface area contributed by atoms with Crippen molar-refractivity contribution in [1.82, 2.24) is 19.2 Å². The second-order valence-corrected chi connectivity index (χ2v) is 12.2. The van der Waals surface area contributed by atoms with Gasteiger partial charge in [0.25, 0.3) is 0 Å². The minimum absolute atomic E-state index is 0.0735. The van der Waals surface area contributed by atoms with E-state index >= 15 is 0 Å². The van der Waals surface area contributed by atoms with Gasteiger partial charge in [-0.05, 0) is 49.7 Å². The summed E-state index contributed by atoms with van der Waals surface area (Å²) < 4.78 is 28.2. The highest BCUT2D eigenvalue weighted by Gasteiger charge is 2.32. The molecular formula is C22H28N4O2S3. The fourth-order valence-electron chi connectivity index (χ4n) is 4.06. The Morgan fingerprint density at radius 3 is 2.65 bits per heavy atom. The van der Waals surface area contributed by atoms with E-state index < -0.39 is 9.84 Å². The zero-order chi connectivity index (χ0) is 22.0. The predicted molar refractivity (Wildman–Crippen MR) is 128 cm³/mol. The van der Waals surface area contributed by atoms with E-state index in [1.165, 1.54) is 15.3 Å². The van der Waals surface area contributed by atoms with Crippen molar-refractivity contribution in [2.75, 3.05) is 18.1 Å². The minimum Gasteiger partial charge on any atom is -0.307 e. The Morgan fingerprint density at radius 2 is 2.00 bits per heavy atom. The van der Waals surface area contributed by atoms with Crippen molar-refractivity contribution in [2.45, 2.75) is 38.9 Å². The summed E-state index contributed by atoms with van der Waals surface area (Å²) in [5, 5.41) is 4.77. The first-order chi connectivity index (χ1) is 14.8. The molecule has 1 aliphatic rings. The first-order valence-corrected chi connectivity index (χ1v) is 13.5. The number of sulfone groups is 1. The number of aryl methyl sites for hydroxylation is 1. The lowest BCUT2D eigenvalue weighted by atomic mass is 10.1. The normalized spacial score (nSPS) is 18.1. The van der Waals surface area contributed by atoms with Crippen molar-refractivity contribution in [1.29, 1.82) is 0 Å². The number of benzene rings is 1. The molecule has 31 heavy (non-hydrogen) atoms. The summed E-state index contributed by atoms with van der Waals surface area (Å²) >= 11 is 7.47. The molecule has 0 N–H and O–H groups in total. The highest BCUT2D eigenvalue weighted by atomic mass is 32.2. The number of hydrogen-bond donors (Lipinski definition) is 0. The van der Waals surface area contributed by atoms with Crippen molar-refractivity contribution in [3.05, 3.63) is 68.4 Å². The largest absolute Gasteiger partial charge is 0.307 e. The molecule has 0 bridgehead atoms. The third-order valence-corrected chi connectivity index (χ3v) is 8.98. The molecule has 1 aromatic carbocycles. The SMILES string of the molecule is Cc1ccc(CN(CCc2ccccc2)Cn2nc(C3CCS(=O)(=O)C3)n(C)c2=S)s1. The maximum Gasteiger partial charge on any atom is 0.198 e. The highest BCUT2D eigenvalue weighted by Crippen LogP contribution is 2.28. The van der Waals surface area contributed by atoms with Crippen LogP contribution < -0.4 is 0 Å². The number of thiophene rings is 1. The maximum atomic E-state index is 11.9. The zero-order valence-electron chi connectivity index (χ0n) is 17.9. The van der Waals surface area contributed by atoms with Gasteiger partial charge in [0.1, 0.15) is 5.82 Å². The van der Waals surface area contributed by atoms with Crippen LogP contribution in [0.25, 0.3) is 0 Å². The summed E-state index contributed by atoms with van der Waals surface area (Å²) in [5.41, 5.74) is 1.30. The topological polar surface area (TPSA) is 60.1 Å². The summed E-state index contributed by atoms with van der Waals surface area (Å²) in [7, 11) is -1.08. The monoisotopic (exact) mass is 476 g/mol. The van der Waals surface area contributed by atoms with Gasteiger partial charge in [-0.2, -0.15) is 5.10 Å². The molecule has 0 amide bonds. The molecule has 3 heterocycles. The Morgan fingerprint density at radius 1 is 1.23 bits per heavy atom. The molecule has 0 radical (unpaired) electrons. The lowest BCUT2D eigenvalue weighted by Crippen LogP contribution is -2.29. The molecule has 1 aliphatic heterocycles. The van der Waals surface area contributed by atoms with Crippen LogP contribution in [0.3, 0.4) is 0 Å². The second kappa shape index (κ2) is 9.36. The maximum absolute atomic E-state index is 11.9. The fourth-order valence-corrected chi connectivity index (χ4v) is 6.93. The van der Waals surface area contributed by atoms with Gasteiger partial charge in [-0.25, -0.2) is 13.1 Å². The van der Waals surface area contributed by atoms with Gasteiger partial charge in [-0.1, -0.05) is 30.3 Å². The highest BCUT2D eigenvalue weighted by molar-refractivity contribution is 7.91. The molecule has 0 saturated carbocycles. The van der Waals surface area contributed by atoms with Gasteiger partial charge in [0.15, 0.2) is 14.6 Å². The Balaban J connectivity index is 1.54. The van der Waals surface area contributed by atoms with Gasteiger partial charge < -0.3 is 4.57 Å². The molecule has 166 valence electrons. The molecule has 9 heteroatoms. The van der Waals surface area contributed by atoms with E-state index in [9.17, 15) is 8.42 Å². The lowest BCUT2D eigenvalue weighted by molar-refractivity contribution is 0.200. The molecule has 1 saturated heterocycles. The number of aromatic nitrogens is 3. The van der Waals surface area contributed by atoms with E-state index in [2.05, 4.69) is 48.2 Å². The van der Waals surface area contributed by atoms with Gasteiger partial charge in [0.05, 0.1) is 18.2 Å². The standard InChI is InChI=1S/C22H28N4O2S3/c1-17-8-9-20(30-17)14-25(12-10-18-6-4-3-5-7-18)16-26-22(29)24(2)21(23-26)19-11-13-31(27,28)15-19/h3-9,19H,10-16H2,1-2H3. The van der Waals surface area contributed by atoms with Gasteiger partial charge >= 0.3 is 0 Å². The molecular weight excluding hydrogens is 448 g/mol. The lowest BCUT2D eigenvalue weighted by Gasteiger charge is -2.21. The molecule has 6 nitrogen and oxygen atoms in total. The van der Waals surface area contributed by atoms with E-state index in [1.807, 2.05) is 33.7 Å². The van der Waals surface area contributed by atoms with Crippen LogP contribution in [0.15, 0.2) is 42.5 Å². The smallest absolute Gasteiger partial charge is 0.198 e. The molecule has 1 unspecified atom stereocenters. The van der Waals surface area contributed by atoms with Crippen LogP contribution in [0.5, 0.6) is 0 Å². The van der Waals surface area contributed by atoms with Gasteiger partial charge in [0, 0.05) is 35.8 Å². The van der Waals surface area contributed by atoms with Crippen LogP contribution in [0, 0.1) is 11.7 Å². The summed E-state index contributed by atoms with van der Waals surface area (Å²) in [6, 6.07) is 14.8. The molecule has 1 atom stereocenters. The van der Waals surface area contributed by atoms with E-state index in [-0.39, 0.29) is 17.4 Å². The third kappa shape index (κ3) is 5.52. The van der Waals surface area contributed by atoms with Crippen LogP contribution in [0.4, 0.5) is 0 Å². The van der Waals surface area contributed by atoms with Crippen LogP contribution in [-0.4, -0.2) is 45.7 Å². The summed E-state index contributed by atoms with van der Waals surface area (Å²) in [5.74, 6) is 1.11. The average molecular weight is 477 g/mol. The Bertz CT molecular complexity index is 1200. The van der Waals surface area contributed by atoms with Crippen LogP contribution in [-0.2, 0) is 36.5 Å². The van der Waals surface area contributed by atoms with Crippen LogP contribution in [0.2, 0.25) is 0 Å². The molecule has 4 rings (SSSR count). The van der Waals surface area contributed by atoms with E-state index in [0.717, 1.165) is 25.3 Å². The summed E-state index contributed by atoms with van der Waals surface area (Å²) in [6.45, 7) is 4.42. The van der Waals surface area contributed by atoms with Crippen molar-refractivity contribution >= 4 is 33.4 Å². The number of nitrogens with zero attached hydrogens (tertiary/aromatic N) is 4. The Hall–Kier alpha value is -1.81. The van der Waals surface area contributed by atoms with E-state index in [1.54, 1.807) is 0 Å². The molecule has 1 fully saturated rings. The summed E-state index contributed by atoms with van der Waals surface area (Å²) in [6.07, 6.45) is 1.56. The predicted octanol–water partition coefficient (Wildman–Crippen LogP) is 3.93. The number of rotatable bonds is 8. The van der Waals surface area contributed by atoms with Crippen LogP contribution in [0.1, 0.15) is 33.5 Å². The average Bonchev–Trinajstić information content (AvgIpc) is 3.40. The third-order valence-electron chi connectivity index (χ3n) is 5.74. The Labute approximate surface area is 193 Å². The molecule has 2 aromatic heterocycles. The van der Waals surface area contributed by atoms with Crippen molar-refractivity contribution in [3.8, 4) is 0 Å². The van der Waals surface area contributed by atoms with E-state index in [0.29, 0.717) is 17.9 Å². The molecule has 3 aromatic rings. The van der Waals surface area contributed by atoms with Gasteiger partial charge in [0.2, 0.25) is 0 Å². The first-order valence-electron chi connectivity index (χ1n) is 10.5. The Kier molecular flexibility index (Phi) is 6.76. The zero-order valence-corrected chi connectivity index (χ0v) is 20.3. The summed E-state index contributed by atoms with van der Waals surface area (Å²) in [4.78, 5) is 4.98. The molecule has 0 spiro atoms. The quantitative estimate of drug-likeness (QED) is 0.461. The van der Waals surface area contributed by atoms with E-state index in [4.69, 9.17) is 17.3 Å². The fraction of sp³-hybridized carbons (Fsp3) is 0.455. The second-order valence-electron chi connectivity index (χ2n) is 8.24. The molecule has 0 aliphatic carbocycles. The van der Waals surface area contributed by atoms with Crippen molar-refractivity contribution < 1.29 is 8.42 Å². The minimum atomic E-state index is -2.97. The van der Waals surface area contributed by atoms with Gasteiger partial charge in [-0.3, -0.25) is 4.90 Å².